The van der Waals surface area contributed by atoms with E-state index in [1.165, 1.54) is 28.3 Å². The predicted molar refractivity (Wildman–Crippen MR) is 91.5 cm³/mol. The molecule has 116 valence electrons. The monoisotopic (exact) mass is 296 g/mol. The van der Waals surface area contributed by atoms with E-state index in [9.17, 15) is 0 Å². The molecule has 0 atom stereocenters. The number of hydrogen-bond donors (Lipinski definition) is 1. The van der Waals surface area contributed by atoms with E-state index in [-0.39, 0.29) is 5.54 Å². The summed E-state index contributed by atoms with van der Waals surface area (Å²) in [4.78, 5) is 5.49. The molecule has 1 heterocycles. The molecule has 1 aromatic heterocycles. The molecule has 1 N–H and O–H groups in total. The predicted octanol–water partition coefficient (Wildman–Crippen LogP) is 4.57. The minimum absolute atomic E-state index is 0.185. The van der Waals surface area contributed by atoms with Gasteiger partial charge in [-0.3, -0.25) is 4.90 Å². The number of rotatable bonds is 7. The number of aryl methyl sites for hydroxylation is 1. The van der Waals surface area contributed by atoms with Crippen molar-refractivity contribution in [1.29, 1.82) is 0 Å². The smallest absolute Gasteiger partial charge is 0.0304 e. The molecule has 0 unspecified atom stereocenters. The first kappa shape index (κ1) is 17.7. The molecule has 0 bridgehead atoms. The average Bonchev–Trinajstić information content (AvgIpc) is 2.66. The Bertz CT molecular complexity index is 402. The van der Waals surface area contributed by atoms with Gasteiger partial charge in [0.2, 0.25) is 0 Å². The Kier molecular flexibility index (Phi) is 6.70. The quantitative estimate of drug-likeness (QED) is 0.793. The molecular formula is C17H32N2S. The molecule has 0 aliphatic heterocycles. The highest BCUT2D eigenvalue weighted by molar-refractivity contribution is 7.12. The highest BCUT2D eigenvalue weighted by Crippen LogP contribution is 2.24. The number of hydrogen-bond acceptors (Lipinski definition) is 3. The summed E-state index contributed by atoms with van der Waals surface area (Å²) in [5, 5.41) is 3.58. The minimum Gasteiger partial charge on any atom is -0.307 e. The molecule has 20 heavy (non-hydrogen) atoms. The fraction of sp³-hybridized carbons (Fsp3) is 0.765. The Balaban J connectivity index is 2.69. The van der Waals surface area contributed by atoms with Gasteiger partial charge in [-0.2, -0.15) is 0 Å². The number of nitrogens with zero attached hydrogens (tertiary/aromatic N) is 1. The van der Waals surface area contributed by atoms with Crippen LogP contribution in [0.1, 0.15) is 63.3 Å². The molecule has 0 saturated heterocycles. The normalized spacial score (nSPS) is 12.7. The second-order valence-electron chi connectivity index (χ2n) is 6.96. The van der Waals surface area contributed by atoms with Crippen LogP contribution in [0.4, 0.5) is 0 Å². The van der Waals surface area contributed by atoms with E-state index in [1.807, 2.05) is 11.3 Å². The minimum atomic E-state index is 0.185. The van der Waals surface area contributed by atoms with Gasteiger partial charge >= 0.3 is 0 Å². The van der Waals surface area contributed by atoms with Gasteiger partial charge in [0, 0.05) is 34.4 Å². The van der Waals surface area contributed by atoms with Crippen molar-refractivity contribution in [1.82, 2.24) is 10.2 Å². The lowest BCUT2D eigenvalue weighted by Gasteiger charge is -2.25. The zero-order valence-corrected chi connectivity index (χ0v) is 15.2. The second kappa shape index (κ2) is 7.58. The SMILES string of the molecule is CCCN(Cc1cc(CNC(C)(C)C)sc1C)C(C)C. The van der Waals surface area contributed by atoms with Crippen LogP contribution in [-0.4, -0.2) is 23.0 Å². The van der Waals surface area contributed by atoms with Crippen molar-refractivity contribution in [3.8, 4) is 0 Å². The van der Waals surface area contributed by atoms with Crippen LogP contribution in [-0.2, 0) is 13.1 Å². The van der Waals surface area contributed by atoms with Crippen molar-refractivity contribution >= 4 is 11.3 Å². The van der Waals surface area contributed by atoms with E-state index in [2.05, 4.69) is 64.7 Å². The third kappa shape index (κ3) is 5.94. The van der Waals surface area contributed by atoms with Gasteiger partial charge in [-0.05, 0) is 66.1 Å². The van der Waals surface area contributed by atoms with E-state index < -0.39 is 0 Å². The molecule has 0 aliphatic carbocycles. The van der Waals surface area contributed by atoms with Crippen molar-refractivity contribution < 1.29 is 0 Å². The Morgan fingerprint density at radius 1 is 1.30 bits per heavy atom. The Morgan fingerprint density at radius 3 is 2.45 bits per heavy atom. The van der Waals surface area contributed by atoms with Crippen LogP contribution in [0.2, 0.25) is 0 Å². The Hall–Kier alpha value is -0.380. The third-order valence-electron chi connectivity index (χ3n) is 3.48. The summed E-state index contributed by atoms with van der Waals surface area (Å²) in [5.74, 6) is 0. The molecule has 0 fully saturated rings. The van der Waals surface area contributed by atoms with Crippen molar-refractivity contribution in [2.75, 3.05) is 6.54 Å². The third-order valence-corrected chi connectivity index (χ3v) is 4.57. The summed E-state index contributed by atoms with van der Waals surface area (Å²) in [6, 6.07) is 3.01. The highest BCUT2D eigenvalue weighted by atomic mass is 32.1. The van der Waals surface area contributed by atoms with Crippen molar-refractivity contribution in [3.05, 3.63) is 21.4 Å². The van der Waals surface area contributed by atoms with Crippen LogP contribution in [0.5, 0.6) is 0 Å². The maximum absolute atomic E-state index is 3.58. The molecule has 3 heteroatoms. The van der Waals surface area contributed by atoms with Crippen molar-refractivity contribution in [3.63, 3.8) is 0 Å². The zero-order chi connectivity index (χ0) is 15.3. The molecule has 2 nitrogen and oxygen atoms in total. The first-order valence-electron chi connectivity index (χ1n) is 7.80. The lowest BCUT2D eigenvalue weighted by molar-refractivity contribution is 0.213. The summed E-state index contributed by atoms with van der Waals surface area (Å²) in [5.41, 5.74) is 1.69. The van der Waals surface area contributed by atoms with Crippen LogP contribution in [0.3, 0.4) is 0 Å². The summed E-state index contributed by atoms with van der Waals surface area (Å²) < 4.78 is 0. The fourth-order valence-electron chi connectivity index (χ4n) is 2.21. The van der Waals surface area contributed by atoms with Crippen LogP contribution in [0.15, 0.2) is 6.07 Å². The maximum Gasteiger partial charge on any atom is 0.0304 e. The maximum atomic E-state index is 3.58. The second-order valence-corrected chi connectivity index (χ2v) is 8.30. The summed E-state index contributed by atoms with van der Waals surface area (Å²) in [6.07, 6.45) is 1.22. The molecule has 0 aromatic carbocycles. The highest BCUT2D eigenvalue weighted by Gasteiger charge is 2.14. The van der Waals surface area contributed by atoms with Crippen LogP contribution >= 0.6 is 11.3 Å². The van der Waals surface area contributed by atoms with Crippen molar-refractivity contribution in [2.45, 2.75) is 79.6 Å². The van der Waals surface area contributed by atoms with Gasteiger partial charge in [0.25, 0.3) is 0 Å². The Morgan fingerprint density at radius 2 is 1.95 bits per heavy atom. The molecular weight excluding hydrogens is 264 g/mol. The number of nitrogens with one attached hydrogen (secondary N) is 1. The zero-order valence-electron chi connectivity index (χ0n) is 14.3. The Labute approximate surface area is 129 Å². The largest absolute Gasteiger partial charge is 0.307 e. The summed E-state index contributed by atoms with van der Waals surface area (Å²) >= 11 is 1.94. The molecule has 0 amide bonds. The van der Waals surface area contributed by atoms with Gasteiger partial charge in [0.15, 0.2) is 0 Å². The van der Waals surface area contributed by atoms with Gasteiger partial charge in [0.05, 0.1) is 0 Å². The fourth-order valence-corrected chi connectivity index (χ4v) is 3.20. The molecule has 0 radical (unpaired) electrons. The average molecular weight is 297 g/mol. The summed E-state index contributed by atoms with van der Waals surface area (Å²) in [6.45, 7) is 19.0. The van der Waals surface area contributed by atoms with Gasteiger partial charge in [-0.15, -0.1) is 11.3 Å². The lowest BCUT2D eigenvalue weighted by atomic mass is 10.1. The van der Waals surface area contributed by atoms with Gasteiger partial charge in [0.1, 0.15) is 0 Å². The molecule has 1 aromatic rings. The standard InChI is InChI=1S/C17H32N2S/c1-8-9-19(13(2)3)12-15-10-16(20-14(15)4)11-18-17(5,6)7/h10,13,18H,8-9,11-12H2,1-7H3. The van der Waals surface area contributed by atoms with E-state index in [0.29, 0.717) is 6.04 Å². The van der Waals surface area contributed by atoms with E-state index in [0.717, 1.165) is 13.1 Å². The number of thiophene rings is 1. The van der Waals surface area contributed by atoms with Crippen molar-refractivity contribution in [2.24, 2.45) is 0 Å². The van der Waals surface area contributed by atoms with Crippen LogP contribution in [0, 0.1) is 6.92 Å². The van der Waals surface area contributed by atoms with E-state index >= 15 is 0 Å². The lowest BCUT2D eigenvalue weighted by Crippen LogP contribution is -2.34. The molecule has 0 aliphatic rings. The van der Waals surface area contributed by atoms with E-state index in [1.54, 1.807) is 0 Å². The van der Waals surface area contributed by atoms with Crippen LogP contribution in [0.25, 0.3) is 0 Å². The summed E-state index contributed by atoms with van der Waals surface area (Å²) in [7, 11) is 0. The van der Waals surface area contributed by atoms with Gasteiger partial charge < -0.3 is 5.32 Å². The van der Waals surface area contributed by atoms with E-state index in [4.69, 9.17) is 0 Å². The molecule has 0 saturated carbocycles. The van der Waals surface area contributed by atoms with Gasteiger partial charge in [-0.25, -0.2) is 0 Å². The first-order chi connectivity index (χ1) is 9.23. The first-order valence-corrected chi connectivity index (χ1v) is 8.62. The molecule has 1 rings (SSSR count). The molecule has 0 spiro atoms. The van der Waals surface area contributed by atoms with Crippen LogP contribution < -0.4 is 5.32 Å². The topological polar surface area (TPSA) is 15.3 Å². The van der Waals surface area contributed by atoms with Gasteiger partial charge in [-0.1, -0.05) is 6.92 Å².